The molecule has 0 fully saturated rings. The maximum Gasteiger partial charge on any atom is 0.240 e. The van der Waals surface area contributed by atoms with Crippen molar-refractivity contribution in [2.24, 2.45) is 0 Å². The van der Waals surface area contributed by atoms with Crippen LogP contribution in [0.25, 0.3) is 16.7 Å². The summed E-state index contributed by atoms with van der Waals surface area (Å²) in [5.41, 5.74) is 3.21. The predicted molar refractivity (Wildman–Crippen MR) is 116 cm³/mol. The Morgan fingerprint density at radius 3 is 2.70 bits per heavy atom. The zero-order valence-electron chi connectivity index (χ0n) is 16.7. The van der Waals surface area contributed by atoms with Gasteiger partial charge in [0.1, 0.15) is 11.4 Å². The molecule has 0 amide bonds. The van der Waals surface area contributed by atoms with Gasteiger partial charge in [0.25, 0.3) is 0 Å². The summed E-state index contributed by atoms with van der Waals surface area (Å²) in [5, 5.41) is 4.07. The van der Waals surface area contributed by atoms with Crippen LogP contribution >= 0.6 is 0 Å². The van der Waals surface area contributed by atoms with Crippen LogP contribution in [0, 0.1) is 6.92 Å². The summed E-state index contributed by atoms with van der Waals surface area (Å²) in [5.74, 6) is 1.16. The summed E-state index contributed by atoms with van der Waals surface area (Å²) >= 11 is 0. The molecule has 0 aliphatic rings. The third-order valence-electron chi connectivity index (χ3n) is 4.79. The van der Waals surface area contributed by atoms with Gasteiger partial charge in [0.15, 0.2) is 0 Å². The fraction of sp³-hybridized carbons (Fsp3) is 0.143. The molecule has 2 aromatic heterocycles. The van der Waals surface area contributed by atoms with Crippen molar-refractivity contribution in [1.29, 1.82) is 0 Å². The van der Waals surface area contributed by atoms with Gasteiger partial charge >= 0.3 is 0 Å². The van der Waals surface area contributed by atoms with E-state index in [0.29, 0.717) is 17.3 Å². The quantitative estimate of drug-likeness (QED) is 0.493. The molecule has 0 saturated carbocycles. The van der Waals surface area contributed by atoms with E-state index in [9.17, 15) is 8.42 Å². The van der Waals surface area contributed by atoms with Crippen LogP contribution in [0.2, 0.25) is 0 Å². The van der Waals surface area contributed by atoms with Gasteiger partial charge in [0.2, 0.25) is 16.0 Å². The smallest absolute Gasteiger partial charge is 0.240 e. The first kappa shape index (κ1) is 19.9. The lowest BCUT2D eigenvalue weighted by Gasteiger charge is -2.11. The van der Waals surface area contributed by atoms with E-state index < -0.39 is 10.0 Å². The van der Waals surface area contributed by atoms with Gasteiger partial charge in [-0.1, -0.05) is 12.1 Å². The summed E-state index contributed by atoms with van der Waals surface area (Å²) in [6.07, 6.45) is 3.57. The largest absolute Gasteiger partial charge is 0.497 e. The van der Waals surface area contributed by atoms with Crippen molar-refractivity contribution in [3.8, 4) is 11.4 Å². The van der Waals surface area contributed by atoms with Gasteiger partial charge in [0, 0.05) is 35.2 Å². The molecule has 0 bridgehead atoms. The van der Waals surface area contributed by atoms with E-state index in [2.05, 4.69) is 20.0 Å². The average Bonchev–Trinajstić information content (AvgIpc) is 3.18. The third-order valence-corrected chi connectivity index (χ3v) is 6.21. The van der Waals surface area contributed by atoms with Crippen LogP contribution in [0.15, 0.2) is 65.8 Å². The summed E-state index contributed by atoms with van der Waals surface area (Å²) in [6, 6.07) is 14.3. The highest BCUT2D eigenvalue weighted by Crippen LogP contribution is 2.26. The van der Waals surface area contributed by atoms with Crippen LogP contribution in [0.1, 0.15) is 5.56 Å². The Hall–Kier alpha value is -3.43. The Labute approximate surface area is 174 Å². The van der Waals surface area contributed by atoms with Gasteiger partial charge in [-0.25, -0.2) is 18.1 Å². The molecule has 0 saturated heterocycles. The normalized spacial score (nSPS) is 11.6. The fourth-order valence-corrected chi connectivity index (χ4v) is 3.86. The first-order valence-electron chi connectivity index (χ1n) is 9.21. The highest BCUT2D eigenvalue weighted by Gasteiger charge is 2.14. The van der Waals surface area contributed by atoms with E-state index in [1.807, 2.05) is 48.0 Å². The minimum Gasteiger partial charge on any atom is -0.497 e. The lowest BCUT2D eigenvalue weighted by molar-refractivity contribution is 0.415. The molecule has 0 atom stereocenters. The van der Waals surface area contributed by atoms with E-state index in [-0.39, 0.29) is 4.90 Å². The van der Waals surface area contributed by atoms with Crippen LogP contribution in [0.4, 0.5) is 11.6 Å². The SMILES string of the molecule is CNS(=O)(=O)c1cccc(-n2ccc3cnc(Nc4cc(OC)ccc4C)nc32)c1. The second kappa shape index (κ2) is 7.77. The molecular formula is C21H21N5O3S. The Balaban J connectivity index is 1.75. The molecule has 4 rings (SSSR count). The van der Waals surface area contributed by atoms with Crippen molar-refractivity contribution in [2.45, 2.75) is 11.8 Å². The number of benzene rings is 2. The number of hydrogen-bond acceptors (Lipinski definition) is 6. The molecule has 2 N–H and O–H groups in total. The summed E-state index contributed by atoms with van der Waals surface area (Å²) in [4.78, 5) is 9.23. The molecule has 2 aromatic carbocycles. The van der Waals surface area contributed by atoms with Crippen LogP contribution in [0.5, 0.6) is 5.75 Å². The van der Waals surface area contributed by atoms with Crippen LogP contribution < -0.4 is 14.8 Å². The number of aromatic nitrogens is 3. The van der Waals surface area contributed by atoms with Crippen LogP contribution in [-0.2, 0) is 10.0 Å². The number of rotatable bonds is 6. The molecule has 4 aromatic rings. The molecule has 0 aliphatic heterocycles. The molecule has 0 spiro atoms. The topological polar surface area (TPSA) is 98.1 Å². The monoisotopic (exact) mass is 423 g/mol. The number of aryl methyl sites for hydroxylation is 1. The van der Waals surface area contributed by atoms with Gasteiger partial charge in [-0.2, -0.15) is 4.98 Å². The number of anilines is 2. The van der Waals surface area contributed by atoms with Gasteiger partial charge in [-0.15, -0.1) is 0 Å². The minimum absolute atomic E-state index is 0.184. The molecule has 8 nitrogen and oxygen atoms in total. The summed E-state index contributed by atoms with van der Waals surface area (Å²) in [6.45, 7) is 1.98. The molecule has 0 unspecified atom stereocenters. The van der Waals surface area contributed by atoms with E-state index >= 15 is 0 Å². The molecule has 9 heteroatoms. The first-order chi connectivity index (χ1) is 14.4. The average molecular weight is 423 g/mol. The summed E-state index contributed by atoms with van der Waals surface area (Å²) < 4.78 is 33.8. The van der Waals surface area contributed by atoms with Crippen molar-refractivity contribution in [2.75, 3.05) is 19.5 Å². The van der Waals surface area contributed by atoms with E-state index in [1.54, 1.807) is 31.5 Å². The molecule has 154 valence electrons. The van der Waals surface area contributed by atoms with Crippen molar-refractivity contribution in [1.82, 2.24) is 19.3 Å². The fourth-order valence-electron chi connectivity index (χ4n) is 3.09. The number of nitrogens with zero attached hydrogens (tertiary/aromatic N) is 3. The third kappa shape index (κ3) is 3.72. The molecular weight excluding hydrogens is 402 g/mol. The molecule has 2 heterocycles. The van der Waals surface area contributed by atoms with Crippen LogP contribution in [-0.4, -0.2) is 37.1 Å². The first-order valence-corrected chi connectivity index (χ1v) is 10.7. The maximum absolute atomic E-state index is 12.2. The standard InChI is InChI=1S/C21H21N5O3S/c1-14-7-8-17(29-3)12-19(14)24-21-23-13-15-9-10-26(20(15)25-21)16-5-4-6-18(11-16)30(27,28)22-2/h4-13,22H,1-3H3,(H,23,24,25). The number of sulfonamides is 1. The number of ether oxygens (including phenoxy) is 1. The summed E-state index contributed by atoms with van der Waals surface area (Å²) in [7, 11) is -0.541. The number of nitrogens with one attached hydrogen (secondary N) is 2. The second-order valence-corrected chi connectivity index (χ2v) is 8.56. The highest BCUT2D eigenvalue weighted by atomic mass is 32.2. The van der Waals surface area contributed by atoms with E-state index in [0.717, 1.165) is 22.4 Å². The van der Waals surface area contributed by atoms with Gasteiger partial charge in [0.05, 0.1) is 12.0 Å². The Morgan fingerprint density at radius 2 is 1.93 bits per heavy atom. The Kier molecular flexibility index (Phi) is 5.15. The van der Waals surface area contributed by atoms with Gasteiger partial charge < -0.3 is 14.6 Å². The molecule has 0 aliphatic carbocycles. The zero-order chi connectivity index (χ0) is 21.3. The Bertz CT molecular complexity index is 1330. The molecule has 30 heavy (non-hydrogen) atoms. The van der Waals surface area contributed by atoms with E-state index in [4.69, 9.17) is 4.74 Å². The lowest BCUT2D eigenvalue weighted by Crippen LogP contribution is -2.18. The Morgan fingerprint density at radius 1 is 1.10 bits per heavy atom. The maximum atomic E-state index is 12.2. The van der Waals surface area contributed by atoms with Gasteiger partial charge in [-0.3, -0.25) is 0 Å². The number of fused-ring (bicyclic) bond motifs is 1. The number of methoxy groups -OCH3 is 1. The predicted octanol–water partition coefficient (Wildman–Crippen LogP) is 3.39. The second-order valence-electron chi connectivity index (χ2n) is 6.67. The van der Waals surface area contributed by atoms with Crippen LogP contribution in [0.3, 0.4) is 0 Å². The highest BCUT2D eigenvalue weighted by molar-refractivity contribution is 7.89. The van der Waals surface area contributed by atoms with Gasteiger partial charge in [-0.05, 0) is 49.9 Å². The van der Waals surface area contributed by atoms with E-state index in [1.165, 1.54) is 7.05 Å². The van der Waals surface area contributed by atoms with Crippen molar-refractivity contribution < 1.29 is 13.2 Å². The lowest BCUT2D eigenvalue weighted by atomic mass is 10.2. The van der Waals surface area contributed by atoms with Crippen molar-refractivity contribution >= 4 is 32.7 Å². The number of hydrogen-bond donors (Lipinski definition) is 2. The zero-order valence-corrected chi connectivity index (χ0v) is 17.6. The molecule has 0 radical (unpaired) electrons. The minimum atomic E-state index is -3.55. The van der Waals surface area contributed by atoms with Crippen molar-refractivity contribution in [3.05, 3.63) is 66.5 Å². The van der Waals surface area contributed by atoms with Crippen molar-refractivity contribution in [3.63, 3.8) is 0 Å².